The van der Waals surface area contributed by atoms with Gasteiger partial charge in [0.05, 0.1) is 12.5 Å². The van der Waals surface area contributed by atoms with E-state index in [0.717, 1.165) is 5.56 Å². The number of carbonyl (C=O) groups excluding carboxylic acids is 1. The molecule has 1 heterocycles. The summed E-state index contributed by atoms with van der Waals surface area (Å²) in [6.45, 7) is 5.51. The molecule has 0 aliphatic rings. The fourth-order valence-electron chi connectivity index (χ4n) is 0.583. The molecular formula is C10H14O2. The molecule has 12 heavy (non-hydrogen) atoms. The standard InChI is InChI=1S/C8H8O2.C2H6/c1-7(9)2-3-8-4-5-10-6-8;1-2/h2-6H,1H3;1-2H3/b3-2+;. The van der Waals surface area contributed by atoms with Crippen molar-refractivity contribution >= 4 is 11.9 Å². The van der Waals surface area contributed by atoms with Gasteiger partial charge in [-0.3, -0.25) is 4.79 Å². The predicted octanol–water partition coefficient (Wildman–Crippen LogP) is 2.91. The first-order valence-corrected chi connectivity index (χ1v) is 4.00. The van der Waals surface area contributed by atoms with Crippen LogP contribution in [0.4, 0.5) is 0 Å². The molecule has 0 N–H and O–H groups in total. The van der Waals surface area contributed by atoms with E-state index < -0.39 is 0 Å². The summed E-state index contributed by atoms with van der Waals surface area (Å²) in [4.78, 5) is 10.4. The van der Waals surface area contributed by atoms with Gasteiger partial charge in [0.25, 0.3) is 0 Å². The molecule has 0 saturated heterocycles. The number of ketones is 1. The average molecular weight is 166 g/mol. The van der Waals surface area contributed by atoms with Crippen LogP contribution >= 0.6 is 0 Å². The minimum Gasteiger partial charge on any atom is -0.472 e. The van der Waals surface area contributed by atoms with Crippen molar-refractivity contribution in [1.82, 2.24) is 0 Å². The maximum atomic E-state index is 10.4. The molecule has 0 spiro atoms. The molecule has 0 saturated carbocycles. The molecular weight excluding hydrogens is 152 g/mol. The molecule has 1 rings (SSSR count). The van der Waals surface area contributed by atoms with E-state index in [1.807, 2.05) is 13.8 Å². The third-order valence-corrected chi connectivity index (χ3v) is 1.05. The molecule has 2 heteroatoms. The van der Waals surface area contributed by atoms with Crippen molar-refractivity contribution in [2.24, 2.45) is 0 Å². The van der Waals surface area contributed by atoms with Gasteiger partial charge in [-0.15, -0.1) is 0 Å². The first-order chi connectivity index (χ1) is 5.79. The van der Waals surface area contributed by atoms with E-state index in [1.54, 1.807) is 24.7 Å². The van der Waals surface area contributed by atoms with Crippen LogP contribution in [-0.2, 0) is 4.79 Å². The second-order valence-corrected chi connectivity index (χ2v) is 2.00. The largest absolute Gasteiger partial charge is 0.472 e. The second-order valence-electron chi connectivity index (χ2n) is 2.00. The molecule has 0 unspecified atom stereocenters. The molecule has 0 radical (unpaired) electrons. The Morgan fingerprint density at radius 1 is 1.50 bits per heavy atom. The van der Waals surface area contributed by atoms with Crippen molar-refractivity contribution in [3.63, 3.8) is 0 Å². The van der Waals surface area contributed by atoms with E-state index >= 15 is 0 Å². The normalized spacial score (nSPS) is 9.25. The number of furan rings is 1. The number of rotatable bonds is 2. The van der Waals surface area contributed by atoms with Crippen molar-refractivity contribution in [3.8, 4) is 0 Å². The van der Waals surface area contributed by atoms with E-state index in [9.17, 15) is 4.79 Å². The lowest BCUT2D eigenvalue weighted by atomic mass is 10.3. The van der Waals surface area contributed by atoms with Crippen LogP contribution in [0.1, 0.15) is 26.3 Å². The van der Waals surface area contributed by atoms with Gasteiger partial charge < -0.3 is 4.42 Å². The number of allylic oxidation sites excluding steroid dienone is 1. The summed E-state index contributed by atoms with van der Waals surface area (Å²) in [6, 6.07) is 1.79. The van der Waals surface area contributed by atoms with Gasteiger partial charge in [-0.1, -0.05) is 13.8 Å². The van der Waals surface area contributed by atoms with E-state index in [0.29, 0.717) is 0 Å². The van der Waals surface area contributed by atoms with Crippen molar-refractivity contribution in [2.45, 2.75) is 20.8 Å². The van der Waals surface area contributed by atoms with E-state index in [-0.39, 0.29) is 5.78 Å². The van der Waals surface area contributed by atoms with Crippen LogP contribution in [0.15, 0.2) is 29.1 Å². The van der Waals surface area contributed by atoms with Crippen LogP contribution in [-0.4, -0.2) is 5.78 Å². The van der Waals surface area contributed by atoms with Crippen LogP contribution < -0.4 is 0 Å². The molecule has 0 aliphatic carbocycles. The Labute approximate surface area is 72.9 Å². The maximum Gasteiger partial charge on any atom is 0.152 e. The van der Waals surface area contributed by atoms with Crippen LogP contribution in [0.3, 0.4) is 0 Å². The summed E-state index contributed by atoms with van der Waals surface area (Å²) >= 11 is 0. The molecule has 1 aromatic rings. The number of hydrogen-bond acceptors (Lipinski definition) is 2. The third-order valence-electron chi connectivity index (χ3n) is 1.05. The first kappa shape index (κ1) is 10.7. The Balaban J connectivity index is 0.000000561. The van der Waals surface area contributed by atoms with Crippen molar-refractivity contribution in [1.29, 1.82) is 0 Å². The summed E-state index contributed by atoms with van der Waals surface area (Å²) in [5.41, 5.74) is 0.912. The molecule has 0 fully saturated rings. The Bertz CT molecular complexity index is 232. The smallest absolute Gasteiger partial charge is 0.152 e. The Kier molecular flexibility index (Phi) is 5.70. The zero-order valence-corrected chi connectivity index (χ0v) is 7.70. The molecule has 0 bridgehead atoms. The highest BCUT2D eigenvalue weighted by molar-refractivity contribution is 5.91. The topological polar surface area (TPSA) is 30.2 Å². The highest BCUT2D eigenvalue weighted by Crippen LogP contribution is 2.01. The lowest BCUT2D eigenvalue weighted by Crippen LogP contribution is -1.77. The lowest BCUT2D eigenvalue weighted by molar-refractivity contribution is -0.112. The molecule has 66 valence electrons. The maximum absolute atomic E-state index is 10.4. The van der Waals surface area contributed by atoms with Gasteiger partial charge in [0.2, 0.25) is 0 Å². The van der Waals surface area contributed by atoms with Gasteiger partial charge in [-0.25, -0.2) is 0 Å². The predicted molar refractivity (Wildman–Crippen MR) is 49.8 cm³/mol. The Morgan fingerprint density at radius 2 is 2.17 bits per heavy atom. The number of carbonyl (C=O) groups is 1. The minimum atomic E-state index is 0.0428. The van der Waals surface area contributed by atoms with Crippen LogP contribution in [0.5, 0.6) is 0 Å². The van der Waals surface area contributed by atoms with Crippen LogP contribution in [0.2, 0.25) is 0 Å². The van der Waals surface area contributed by atoms with Gasteiger partial charge in [-0.2, -0.15) is 0 Å². The highest BCUT2D eigenvalue weighted by Gasteiger charge is 1.86. The van der Waals surface area contributed by atoms with Crippen molar-refractivity contribution in [2.75, 3.05) is 0 Å². The molecule has 2 nitrogen and oxygen atoms in total. The van der Waals surface area contributed by atoms with Gasteiger partial charge in [0.1, 0.15) is 0 Å². The van der Waals surface area contributed by atoms with E-state index in [2.05, 4.69) is 0 Å². The molecule has 1 aromatic heterocycles. The van der Waals surface area contributed by atoms with E-state index in [4.69, 9.17) is 4.42 Å². The van der Waals surface area contributed by atoms with Crippen LogP contribution in [0, 0.1) is 0 Å². The summed E-state index contributed by atoms with van der Waals surface area (Å²) in [5, 5.41) is 0. The fraction of sp³-hybridized carbons (Fsp3) is 0.300. The van der Waals surface area contributed by atoms with Gasteiger partial charge in [0, 0.05) is 5.56 Å². The Hall–Kier alpha value is -1.31. The summed E-state index contributed by atoms with van der Waals surface area (Å²) in [5.74, 6) is 0.0428. The fourth-order valence-corrected chi connectivity index (χ4v) is 0.583. The van der Waals surface area contributed by atoms with Crippen molar-refractivity contribution in [3.05, 3.63) is 30.2 Å². The van der Waals surface area contributed by atoms with Crippen LogP contribution in [0.25, 0.3) is 6.08 Å². The summed E-state index contributed by atoms with van der Waals surface area (Å²) < 4.78 is 4.78. The van der Waals surface area contributed by atoms with Gasteiger partial charge >= 0.3 is 0 Å². The summed E-state index contributed by atoms with van der Waals surface area (Å²) in [6.07, 6.45) is 6.37. The van der Waals surface area contributed by atoms with Gasteiger partial charge in [0.15, 0.2) is 5.78 Å². The molecule has 0 amide bonds. The van der Waals surface area contributed by atoms with Crippen molar-refractivity contribution < 1.29 is 9.21 Å². The minimum absolute atomic E-state index is 0.0428. The lowest BCUT2D eigenvalue weighted by Gasteiger charge is -1.78. The highest BCUT2D eigenvalue weighted by atomic mass is 16.3. The monoisotopic (exact) mass is 166 g/mol. The second kappa shape index (κ2) is 6.40. The molecule has 0 aliphatic heterocycles. The SMILES string of the molecule is CC.CC(=O)/C=C/c1ccoc1. The quantitative estimate of drug-likeness (QED) is 0.632. The number of hydrogen-bond donors (Lipinski definition) is 0. The average Bonchev–Trinajstić information content (AvgIpc) is 2.56. The molecule has 0 aromatic carbocycles. The zero-order valence-electron chi connectivity index (χ0n) is 7.70. The summed E-state index contributed by atoms with van der Waals surface area (Å²) in [7, 11) is 0. The van der Waals surface area contributed by atoms with Gasteiger partial charge in [-0.05, 0) is 25.1 Å². The first-order valence-electron chi connectivity index (χ1n) is 4.00. The molecule has 0 atom stereocenters. The van der Waals surface area contributed by atoms with E-state index in [1.165, 1.54) is 13.0 Å². The zero-order chi connectivity index (χ0) is 9.40. The Morgan fingerprint density at radius 3 is 2.58 bits per heavy atom. The third kappa shape index (κ3) is 4.50.